The Kier molecular flexibility index (Phi) is 7.45. The van der Waals surface area contributed by atoms with E-state index in [9.17, 15) is 0 Å². The number of aryl methyl sites for hydroxylation is 4. The maximum atomic E-state index is 6.73. The highest BCUT2D eigenvalue weighted by Crippen LogP contribution is 2.50. The summed E-state index contributed by atoms with van der Waals surface area (Å²) in [7, 11) is 0. The predicted molar refractivity (Wildman–Crippen MR) is 253 cm³/mol. The summed E-state index contributed by atoms with van der Waals surface area (Å²) in [6, 6.07) is 61.7. The SMILES string of the molecule is Cc1cc(C)cc(N(c2ccc3ccc4c(N(c5cc(C)cc(C)c5)c5cccc6c5oc5ccccc56)ccc5ccc2c3c54)c2cccc3c2oc2ccccc23)c1. The van der Waals surface area contributed by atoms with Gasteiger partial charge in [0.2, 0.25) is 0 Å². The molecule has 2 heterocycles. The van der Waals surface area contributed by atoms with Gasteiger partial charge in [-0.3, -0.25) is 0 Å². The number of para-hydroxylation sites is 4. The van der Waals surface area contributed by atoms with Crippen molar-refractivity contribution >= 4 is 110 Å². The van der Waals surface area contributed by atoms with E-state index in [1.165, 1.54) is 54.6 Å². The third kappa shape index (κ3) is 5.17. The molecule has 0 spiro atoms. The average molecular weight is 773 g/mol. The van der Waals surface area contributed by atoms with Crippen molar-refractivity contribution in [2.45, 2.75) is 27.7 Å². The molecule has 0 aliphatic rings. The monoisotopic (exact) mass is 772 g/mol. The second-order valence-corrected chi connectivity index (χ2v) is 16.5. The van der Waals surface area contributed by atoms with Gasteiger partial charge in [0.1, 0.15) is 11.2 Å². The minimum atomic E-state index is 0.870. The Hall–Kier alpha value is -7.56. The maximum absolute atomic E-state index is 6.73. The van der Waals surface area contributed by atoms with Crippen LogP contribution in [0.1, 0.15) is 22.3 Å². The van der Waals surface area contributed by atoms with Gasteiger partial charge in [0.25, 0.3) is 0 Å². The molecule has 10 aromatic carbocycles. The highest BCUT2D eigenvalue weighted by atomic mass is 16.3. The highest BCUT2D eigenvalue weighted by molar-refractivity contribution is 6.28. The van der Waals surface area contributed by atoms with E-state index < -0.39 is 0 Å². The first-order valence-electron chi connectivity index (χ1n) is 20.7. The van der Waals surface area contributed by atoms with Gasteiger partial charge in [-0.25, -0.2) is 0 Å². The Balaban J connectivity index is 1.15. The first-order chi connectivity index (χ1) is 29.4. The summed E-state index contributed by atoms with van der Waals surface area (Å²) in [6.07, 6.45) is 0. The van der Waals surface area contributed by atoms with Gasteiger partial charge in [0.15, 0.2) is 11.2 Å². The molecule has 0 amide bonds. The molecule has 60 heavy (non-hydrogen) atoms. The van der Waals surface area contributed by atoms with Crippen LogP contribution in [-0.2, 0) is 0 Å². The molecule has 0 aliphatic heterocycles. The quantitative estimate of drug-likeness (QED) is 0.158. The molecule has 0 saturated carbocycles. The third-order valence-electron chi connectivity index (χ3n) is 12.3. The number of furan rings is 2. The minimum absolute atomic E-state index is 0.870. The van der Waals surface area contributed by atoms with Crippen LogP contribution in [0.5, 0.6) is 0 Å². The molecule has 12 rings (SSSR count). The number of rotatable bonds is 6. The smallest absolute Gasteiger partial charge is 0.159 e. The van der Waals surface area contributed by atoms with Crippen LogP contribution in [0.3, 0.4) is 0 Å². The Morgan fingerprint density at radius 3 is 1.13 bits per heavy atom. The molecule has 0 bridgehead atoms. The lowest BCUT2D eigenvalue weighted by molar-refractivity contribution is 0.668. The molecule has 4 heteroatoms. The summed E-state index contributed by atoms with van der Waals surface area (Å²) in [5, 5.41) is 11.6. The van der Waals surface area contributed by atoms with Crippen molar-refractivity contribution < 1.29 is 8.83 Å². The predicted octanol–water partition coefficient (Wildman–Crippen LogP) is 16.6. The fourth-order valence-electron chi connectivity index (χ4n) is 9.95. The lowest BCUT2D eigenvalue weighted by Crippen LogP contribution is -2.12. The Labute approximate surface area is 347 Å². The Morgan fingerprint density at radius 1 is 0.317 bits per heavy atom. The lowest BCUT2D eigenvalue weighted by Gasteiger charge is -2.30. The molecule has 286 valence electrons. The molecular weight excluding hydrogens is 733 g/mol. The van der Waals surface area contributed by atoms with E-state index in [1.807, 2.05) is 12.1 Å². The van der Waals surface area contributed by atoms with E-state index in [1.54, 1.807) is 0 Å². The van der Waals surface area contributed by atoms with Crippen LogP contribution >= 0.6 is 0 Å². The van der Waals surface area contributed by atoms with Gasteiger partial charge >= 0.3 is 0 Å². The van der Waals surface area contributed by atoms with Crippen LogP contribution in [0.15, 0.2) is 179 Å². The van der Waals surface area contributed by atoms with Gasteiger partial charge in [-0.1, -0.05) is 109 Å². The van der Waals surface area contributed by atoms with Crippen molar-refractivity contribution in [1.82, 2.24) is 0 Å². The van der Waals surface area contributed by atoms with E-state index in [0.717, 1.165) is 78.0 Å². The van der Waals surface area contributed by atoms with Crippen molar-refractivity contribution in [3.8, 4) is 0 Å². The van der Waals surface area contributed by atoms with Crippen molar-refractivity contribution in [3.63, 3.8) is 0 Å². The molecule has 12 aromatic rings. The number of hydrogen-bond acceptors (Lipinski definition) is 4. The zero-order chi connectivity index (χ0) is 40.2. The van der Waals surface area contributed by atoms with Crippen LogP contribution in [0, 0.1) is 27.7 Å². The zero-order valence-electron chi connectivity index (χ0n) is 33.9. The van der Waals surface area contributed by atoms with Crippen LogP contribution in [-0.4, -0.2) is 0 Å². The van der Waals surface area contributed by atoms with Gasteiger partial charge in [-0.15, -0.1) is 0 Å². The Morgan fingerprint density at radius 2 is 0.700 bits per heavy atom. The summed E-state index contributed by atoms with van der Waals surface area (Å²) in [5.74, 6) is 0. The zero-order valence-corrected chi connectivity index (χ0v) is 33.9. The largest absolute Gasteiger partial charge is 0.454 e. The number of benzene rings is 10. The summed E-state index contributed by atoms with van der Waals surface area (Å²) in [6.45, 7) is 8.70. The van der Waals surface area contributed by atoms with Crippen molar-refractivity contribution in [1.29, 1.82) is 0 Å². The Bertz CT molecular complexity index is 3400. The number of fused-ring (bicyclic) bond motifs is 6. The second-order valence-electron chi connectivity index (χ2n) is 16.5. The standard InChI is InChI=1S/C56H40N2O2/c1-33-27-34(2)30-39(29-33)57(49-15-9-13-43-41-11-5-7-17-51(41)59-55(43)49)47-25-21-37-20-24-46-48(26-22-38-19-23-45(47)53(37)54(38)46)58(40-31-35(3)28-36(4)32-40)50-16-10-14-44-42-12-6-8-18-52(42)60-56(44)50/h5-32H,1-4H3. The fraction of sp³-hybridized carbons (Fsp3) is 0.0714. The maximum Gasteiger partial charge on any atom is 0.159 e. The van der Waals surface area contributed by atoms with Crippen LogP contribution in [0.4, 0.5) is 34.1 Å². The van der Waals surface area contributed by atoms with E-state index >= 15 is 0 Å². The molecule has 0 fully saturated rings. The number of hydrogen-bond donors (Lipinski definition) is 0. The van der Waals surface area contributed by atoms with Crippen molar-refractivity contribution in [2.75, 3.05) is 9.80 Å². The van der Waals surface area contributed by atoms with Crippen molar-refractivity contribution in [2.24, 2.45) is 0 Å². The molecule has 2 aromatic heterocycles. The third-order valence-corrected chi connectivity index (χ3v) is 12.3. The lowest BCUT2D eigenvalue weighted by atomic mass is 9.91. The number of nitrogens with zero attached hydrogens (tertiary/aromatic N) is 2. The second kappa shape index (κ2) is 13.0. The van der Waals surface area contributed by atoms with Crippen LogP contribution in [0.25, 0.3) is 76.2 Å². The van der Waals surface area contributed by atoms with Gasteiger partial charge < -0.3 is 18.6 Å². The topological polar surface area (TPSA) is 32.8 Å². The van der Waals surface area contributed by atoms with Crippen LogP contribution in [0.2, 0.25) is 0 Å². The molecule has 0 unspecified atom stereocenters. The number of anilines is 6. The van der Waals surface area contributed by atoms with Gasteiger partial charge in [-0.05, 0) is 132 Å². The molecular formula is C56H40N2O2. The molecule has 0 aliphatic carbocycles. The van der Waals surface area contributed by atoms with Crippen LogP contribution < -0.4 is 9.80 Å². The van der Waals surface area contributed by atoms with E-state index in [4.69, 9.17) is 8.83 Å². The first kappa shape index (κ1) is 34.5. The highest BCUT2D eigenvalue weighted by Gasteiger charge is 2.26. The normalized spacial score (nSPS) is 12.0. The van der Waals surface area contributed by atoms with Gasteiger partial charge in [0, 0.05) is 43.7 Å². The fourth-order valence-corrected chi connectivity index (χ4v) is 9.95. The summed E-state index contributed by atoms with van der Waals surface area (Å²) in [5.41, 5.74) is 14.7. The molecule has 0 radical (unpaired) electrons. The molecule has 0 N–H and O–H groups in total. The van der Waals surface area contributed by atoms with E-state index in [-0.39, 0.29) is 0 Å². The average Bonchev–Trinajstić information content (AvgIpc) is 3.83. The van der Waals surface area contributed by atoms with E-state index in [0.29, 0.717) is 0 Å². The molecule has 0 saturated heterocycles. The first-order valence-corrected chi connectivity index (χ1v) is 20.7. The summed E-state index contributed by atoms with van der Waals surface area (Å²) < 4.78 is 13.5. The summed E-state index contributed by atoms with van der Waals surface area (Å²) in [4.78, 5) is 4.81. The van der Waals surface area contributed by atoms with Gasteiger partial charge in [-0.2, -0.15) is 0 Å². The van der Waals surface area contributed by atoms with Gasteiger partial charge in [0.05, 0.1) is 22.7 Å². The molecule has 0 atom stereocenters. The van der Waals surface area contributed by atoms with Crippen molar-refractivity contribution in [3.05, 3.63) is 192 Å². The summed E-state index contributed by atoms with van der Waals surface area (Å²) >= 11 is 0. The minimum Gasteiger partial charge on any atom is -0.454 e. The van der Waals surface area contributed by atoms with E-state index in [2.05, 4.69) is 195 Å². The molecule has 4 nitrogen and oxygen atoms in total.